The minimum Gasteiger partial charge on any atom is -0.375 e. The maximum absolute atomic E-state index is 11.4. The van der Waals surface area contributed by atoms with Crippen LogP contribution >= 0.6 is 15.9 Å². The summed E-state index contributed by atoms with van der Waals surface area (Å²) in [5, 5.41) is 2.50. The number of amides is 1. The van der Waals surface area contributed by atoms with Crippen LogP contribution in [0.5, 0.6) is 0 Å². The van der Waals surface area contributed by atoms with Gasteiger partial charge in [-0.25, -0.2) is 0 Å². The molecular weight excluding hydrogens is 294 g/mol. The number of halogens is 1. The molecule has 1 rings (SSSR count). The molecule has 0 unspecified atom stereocenters. The number of carbonyl (C=O) groups is 1. The smallest absolute Gasteiger partial charge is 0.375 e. The molecule has 0 aliphatic rings. The number of methoxy groups -OCH3 is 1. The molecule has 0 aromatic carbocycles. The van der Waals surface area contributed by atoms with E-state index < -0.39 is 5.91 Å². The van der Waals surface area contributed by atoms with E-state index in [9.17, 15) is 9.70 Å². The fourth-order valence-electron chi connectivity index (χ4n) is 1.08. The van der Waals surface area contributed by atoms with E-state index in [0.29, 0.717) is 4.47 Å². The van der Waals surface area contributed by atoms with E-state index in [-0.39, 0.29) is 23.0 Å². The van der Waals surface area contributed by atoms with Crippen molar-refractivity contribution < 1.29 is 19.3 Å². The Kier molecular flexibility index (Phi) is 4.98. The Labute approximate surface area is 106 Å². The Bertz CT molecular complexity index is 438. The van der Waals surface area contributed by atoms with Crippen molar-refractivity contribution >= 4 is 33.3 Å². The van der Waals surface area contributed by atoms with Crippen LogP contribution in [0.25, 0.3) is 0 Å². The van der Waals surface area contributed by atoms with Crippen LogP contribution in [-0.4, -0.2) is 36.6 Å². The van der Waals surface area contributed by atoms with Crippen molar-refractivity contribution in [3.63, 3.8) is 0 Å². The maximum Gasteiger partial charge on any atom is 0.433 e. The third-order valence-electron chi connectivity index (χ3n) is 1.76. The van der Waals surface area contributed by atoms with Gasteiger partial charge in [-0.15, -0.1) is 0 Å². The number of hydrogen-bond acceptors (Lipinski definition) is 5. The summed E-state index contributed by atoms with van der Waals surface area (Å²) >= 11 is 3.21. The number of hydrogen-bond donors (Lipinski definition) is 1. The second-order valence-corrected chi connectivity index (χ2v) is 3.77. The lowest BCUT2D eigenvalue weighted by Gasteiger charge is -2.05. The zero-order chi connectivity index (χ0) is 12.8. The molecule has 0 spiro atoms. The van der Waals surface area contributed by atoms with Crippen LogP contribution in [-0.2, 0) is 14.4 Å². The summed E-state index contributed by atoms with van der Waals surface area (Å²) in [6.45, 7) is -0.118. The number of aromatic nitrogens is 1. The largest absolute Gasteiger partial charge is 0.433 e. The van der Waals surface area contributed by atoms with Crippen LogP contribution in [0.15, 0.2) is 16.7 Å². The molecule has 0 atom stereocenters. The van der Waals surface area contributed by atoms with Gasteiger partial charge >= 0.3 is 5.82 Å². The Morgan fingerprint density at radius 2 is 2.29 bits per heavy atom. The van der Waals surface area contributed by atoms with Gasteiger partial charge in [-0.1, -0.05) is 0 Å². The average Bonchev–Trinajstić information content (AvgIpc) is 2.31. The monoisotopic (exact) mass is 304 g/mol. The van der Waals surface area contributed by atoms with Crippen molar-refractivity contribution in [3.8, 4) is 0 Å². The third kappa shape index (κ3) is 3.46. The molecule has 7 nitrogen and oxygen atoms in total. The van der Waals surface area contributed by atoms with Gasteiger partial charge in [0.2, 0.25) is 0 Å². The van der Waals surface area contributed by atoms with Gasteiger partial charge in [-0.3, -0.25) is 4.79 Å². The molecule has 1 N–H and O–H groups in total. The number of nitrogens with zero attached hydrogens (tertiary/aromatic N) is 2. The first-order valence-electron chi connectivity index (χ1n) is 4.54. The van der Waals surface area contributed by atoms with E-state index in [0.717, 1.165) is 0 Å². The van der Waals surface area contributed by atoms with Crippen LogP contribution in [0, 0.1) is 4.91 Å². The van der Waals surface area contributed by atoms with Crippen LogP contribution < -0.4 is 5.32 Å². The van der Waals surface area contributed by atoms with Crippen molar-refractivity contribution in [2.75, 3.05) is 26.1 Å². The molecule has 92 valence electrons. The van der Waals surface area contributed by atoms with E-state index >= 15 is 0 Å². The van der Waals surface area contributed by atoms with Crippen molar-refractivity contribution in [2.24, 2.45) is 0 Å². The molecule has 0 saturated heterocycles. The van der Waals surface area contributed by atoms with Crippen molar-refractivity contribution in [1.29, 1.82) is 0 Å². The maximum atomic E-state index is 11.4. The van der Waals surface area contributed by atoms with Crippen LogP contribution in [0.1, 0.15) is 0 Å². The summed E-state index contributed by atoms with van der Waals surface area (Å²) in [6, 6.07) is 1.59. The highest BCUT2D eigenvalue weighted by Gasteiger charge is 2.25. The molecule has 0 aliphatic heterocycles. The summed E-state index contributed by atoms with van der Waals surface area (Å²) in [4.78, 5) is 31.2. The van der Waals surface area contributed by atoms with Crippen molar-refractivity contribution in [2.45, 2.75) is 0 Å². The number of pyridine rings is 1. The minimum atomic E-state index is -0.396. The highest BCUT2D eigenvalue weighted by molar-refractivity contribution is 9.10. The lowest BCUT2D eigenvalue weighted by Crippen LogP contribution is -2.19. The van der Waals surface area contributed by atoms with E-state index in [4.69, 9.17) is 0 Å². The summed E-state index contributed by atoms with van der Waals surface area (Å²) in [5.74, 6) is -0.446. The lowest BCUT2D eigenvalue weighted by atomic mass is 10.4. The molecule has 0 bridgehead atoms. The molecule has 0 fully saturated rings. The second-order valence-electron chi connectivity index (χ2n) is 2.91. The van der Waals surface area contributed by atoms with Gasteiger partial charge in [0, 0.05) is 7.11 Å². The zero-order valence-electron chi connectivity index (χ0n) is 9.27. The first-order valence-corrected chi connectivity index (χ1v) is 5.34. The SMILES string of the molecule is COCC(=O)Nc1c(Br)ccnc1[N+](=O)OC. The fourth-order valence-corrected chi connectivity index (χ4v) is 1.47. The standard InChI is InChI=1S/C9H10BrN3O4/c1-16-5-7(14)12-8-6(10)3-4-11-9(8)13(15)17-2/h3-4H,5H2,1-2H3/p+1. The quantitative estimate of drug-likeness (QED) is 0.832. The van der Waals surface area contributed by atoms with Gasteiger partial charge < -0.3 is 14.9 Å². The van der Waals surface area contributed by atoms with Crippen LogP contribution in [0.3, 0.4) is 0 Å². The summed E-state index contributed by atoms with van der Waals surface area (Å²) in [6.07, 6.45) is 1.41. The second kappa shape index (κ2) is 6.26. The number of ether oxygens (including phenoxy) is 1. The van der Waals surface area contributed by atoms with Crippen LogP contribution in [0.2, 0.25) is 0 Å². The first kappa shape index (κ1) is 13.5. The molecule has 1 heterocycles. The minimum absolute atomic E-state index is 0.0497. The third-order valence-corrected chi connectivity index (χ3v) is 2.42. The molecule has 0 aliphatic carbocycles. The molecule has 8 heteroatoms. The normalized spacial score (nSPS) is 9.82. The summed E-state index contributed by atoms with van der Waals surface area (Å²) < 4.78 is 5.19. The number of anilines is 1. The van der Waals surface area contributed by atoms with Crippen LogP contribution in [0.4, 0.5) is 11.5 Å². The average molecular weight is 305 g/mol. The molecule has 1 aromatic rings. The highest BCUT2D eigenvalue weighted by Crippen LogP contribution is 2.30. The van der Waals surface area contributed by atoms with E-state index in [1.54, 1.807) is 6.07 Å². The topological polar surface area (TPSA) is 80.5 Å². The molecule has 1 aromatic heterocycles. The van der Waals surface area contributed by atoms with Gasteiger partial charge in [0.1, 0.15) is 19.9 Å². The summed E-state index contributed by atoms with van der Waals surface area (Å²) in [7, 11) is 2.60. The Morgan fingerprint density at radius 3 is 2.88 bits per heavy atom. The molecule has 0 radical (unpaired) electrons. The van der Waals surface area contributed by atoms with Gasteiger partial charge in [-0.2, -0.15) is 0 Å². The molecule has 1 amide bonds. The predicted molar refractivity (Wildman–Crippen MR) is 62.7 cm³/mol. The zero-order valence-corrected chi connectivity index (χ0v) is 10.9. The highest BCUT2D eigenvalue weighted by atomic mass is 79.9. The van der Waals surface area contributed by atoms with Gasteiger partial charge in [-0.05, 0) is 31.9 Å². The summed E-state index contributed by atoms with van der Waals surface area (Å²) in [5.41, 5.74) is 0.228. The van der Waals surface area contributed by atoms with Gasteiger partial charge in [0.05, 0.1) is 4.47 Å². The number of nitrogens with one attached hydrogen (secondary N) is 1. The van der Waals surface area contributed by atoms with E-state index in [2.05, 4.69) is 35.8 Å². The Hall–Kier alpha value is -1.54. The van der Waals surface area contributed by atoms with Crippen molar-refractivity contribution in [3.05, 3.63) is 21.6 Å². The molecule has 17 heavy (non-hydrogen) atoms. The van der Waals surface area contributed by atoms with Crippen molar-refractivity contribution in [1.82, 2.24) is 4.98 Å². The number of carbonyl (C=O) groups excluding carboxylic acids is 1. The van der Waals surface area contributed by atoms with E-state index in [1.807, 2.05) is 0 Å². The Balaban J connectivity index is 3.03. The van der Waals surface area contributed by atoms with Gasteiger partial charge in [0.25, 0.3) is 5.91 Å². The molecule has 0 saturated carbocycles. The lowest BCUT2D eigenvalue weighted by molar-refractivity contribution is -0.738. The van der Waals surface area contributed by atoms with E-state index in [1.165, 1.54) is 20.4 Å². The Morgan fingerprint density at radius 1 is 1.59 bits per heavy atom. The number of rotatable bonds is 5. The molecular formula is C9H11BrN3O4+. The predicted octanol–water partition coefficient (Wildman–Crippen LogP) is 1.40. The first-order chi connectivity index (χ1) is 8.10. The van der Waals surface area contributed by atoms with Gasteiger partial charge in [0.15, 0.2) is 10.6 Å². The fraction of sp³-hybridized carbons (Fsp3) is 0.333.